The minimum atomic E-state index is -0.127. The molecule has 1 atom stereocenters. The number of benzene rings is 2. The second-order valence-electron chi connectivity index (χ2n) is 8.02. The largest absolute Gasteiger partial charge is 0.493 e. The smallest absolute Gasteiger partial charge is 0.224 e. The van der Waals surface area contributed by atoms with Crippen molar-refractivity contribution in [1.29, 1.82) is 0 Å². The summed E-state index contributed by atoms with van der Waals surface area (Å²) in [6.45, 7) is 2.81. The minimum Gasteiger partial charge on any atom is -0.493 e. The molecule has 6 nitrogen and oxygen atoms in total. The highest BCUT2D eigenvalue weighted by Crippen LogP contribution is 2.32. The van der Waals surface area contributed by atoms with E-state index in [1.165, 1.54) is 0 Å². The molecule has 1 saturated heterocycles. The van der Waals surface area contributed by atoms with Crippen LogP contribution in [0.4, 0.5) is 0 Å². The summed E-state index contributed by atoms with van der Waals surface area (Å²) in [5, 5.41) is 3.08. The van der Waals surface area contributed by atoms with E-state index in [-0.39, 0.29) is 11.8 Å². The number of amides is 1. The Hall–Kier alpha value is -3.38. The molecule has 1 aliphatic heterocycles. The summed E-state index contributed by atoms with van der Waals surface area (Å²) in [6.07, 6.45) is 4.32. The van der Waals surface area contributed by atoms with Gasteiger partial charge in [-0.25, -0.2) is 0 Å². The molecule has 1 fully saturated rings. The quantitative estimate of drug-likeness (QED) is 0.620. The maximum Gasteiger partial charge on any atom is 0.224 e. The fraction of sp³-hybridized carbons (Fsp3) is 0.308. The lowest BCUT2D eigenvalue weighted by Gasteiger charge is -2.24. The molecule has 6 heteroatoms. The zero-order chi connectivity index (χ0) is 22.3. The molecule has 3 aromatic rings. The molecule has 1 aliphatic rings. The number of methoxy groups -OCH3 is 2. The fourth-order valence-corrected chi connectivity index (χ4v) is 4.28. The molecule has 166 valence electrons. The van der Waals surface area contributed by atoms with E-state index in [4.69, 9.17) is 9.47 Å². The predicted octanol–water partition coefficient (Wildman–Crippen LogP) is 3.56. The molecule has 0 aliphatic carbocycles. The molecular formula is C26H29N3O3. The second-order valence-corrected chi connectivity index (χ2v) is 8.02. The molecule has 1 aromatic heterocycles. The fourth-order valence-electron chi connectivity index (χ4n) is 4.28. The highest BCUT2D eigenvalue weighted by atomic mass is 16.5. The monoisotopic (exact) mass is 431 g/mol. The van der Waals surface area contributed by atoms with Crippen LogP contribution >= 0.6 is 0 Å². The number of hydrogen-bond donors (Lipinski definition) is 1. The maximum atomic E-state index is 12.8. The Labute approximate surface area is 189 Å². The van der Waals surface area contributed by atoms with E-state index in [1.54, 1.807) is 20.4 Å². The normalized spacial score (nSPS) is 16.8. The third-order valence-electron chi connectivity index (χ3n) is 5.86. The summed E-state index contributed by atoms with van der Waals surface area (Å²) in [4.78, 5) is 19.3. The summed E-state index contributed by atoms with van der Waals surface area (Å²) >= 11 is 0. The van der Waals surface area contributed by atoms with Gasteiger partial charge in [-0.1, -0.05) is 42.5 Å². The van der Waals surface area contributed by atoms with Gasteiger partial charge in [-0.15, -0.1) is 0 Å². The number of nitrogens with one attached hydrogen (secondary N) is 1. The van der Waals surface area contributed by atoms with Gasteiger partial charge in [0.2, 0.25) is 5.91 Å². The van der Waals surface area contributed by atoms with Crippen LogP contribution in [-0.4, -0.2) is 49.6 Å². The molecule has 2 aromatic carbocycles. The lowest BCUT2D eigenvalue weighted by molar-refractivity contribution is -0.124. The zero-order valence-electron chi connectivity index (χ0n) is 18.6. The molecule has 2 heterocycles. The first-order chi connectivity index (χ1) is 15.7. The standard InChI is InChI=1S/C26H29N3O3/c1-31-24-10-4-8-22(25(24)32-2)17-29-13-12-28-26(30)23(18-29)15-19-6-3-7-20(14-19)21-9-5-11-27-16-21/h3-11,14,16,23H,12-13,15,17-18H2,1-2H3,(H,28,30)/t23-/m1/s1. The summed E-state index contributed by atoms with van der Waals surface area (Å²) in [6, 6.07) is 18.3. The van der Waals surface area contributed by atoms with E-state index in [0.29, 0.717) is 26.1 Å². The molecule has 0 unspecified atom stereocenters. The van der Waals surface area contributed by atoms with E-state index in [9.17, 15) is 4.79 Å². The van der Waals surface area contributed by atoms with Crippen molar-refractivity contribution in [3.8, 4) is 22.6 Å². The maximum absolute atomic E-state index is 12.8. The molecule has 1 N–H and O–H groups in total. The molecule has 4 rings (SSSR count). The predicted molar refractivity (Wildman–Crippen MR) is 125 cm³/mol. The van der Waals surface area contributed by atoms with Gasteiger partial charge < -0.3 is 14.8 Å². The summed E-state index contributed by atoms with van der Waals surface area (Å²) < 4.78 is 11.0. The van der Waals surface area contributed by atoms with Crippen LogP contribution in [0.5, 0.6) is 11.5 Å². The molecule has 0 spiro atoms. The number of pyridine rings is 1. The van der Waals surface area contributed by atoms with E-state index >= 15 is 0 Å². The van der Waals surface area contributed by atoms with Gasteiger partial charge in [-0.3, -0.25) is 14.7 Å². The van der Waals surface area contributed by atoms with Crippen LogP contribution in [0.15, 0.2) is 67.0 Å². The van der Waals surface area contributed by atoms with Crippen LogP contribution in [0.25, 0.3) is 11.1 Å². The van der Waals surface area contributed by atoms with Crippen LogP contribution in [0.3, 0.4) is 0 Å². The number of ether oxygens (including phenoxy) is 2. The van der Waals surface area contributed by atoms with Crippen molar-refractivity contribution in [2.75, 3.05) is 33.9 Å². The number of hydrogen-bond acceptors (Lipinski definition) is 5. The van der Waals surface area contributed by atoms with Crippen molar-refractivity contribution in [3.05, 3.63) is 78.1 Å². The Kier molecular flexibility index (Phi) is 7.02. The van der Waals surface area contributed by atoms with Gasteiger partial charge in [0.25, 0.3) is 0 Å². The van der Waals surface area contributed by atoms with Gasteiger partial charge in [-0.2, -0.15) is 0 Å². The number of nitrogens with zero attached hydrogens (tertiary/aromatic N) is 2. The van der Waals surface area contributed by atoms with Crippen LogP contribution in [0, 0.1) is 5.92 Å². The summed E-state index contributed by atoms with van der Waals surface area (Å²) in [5.74, 6) is 1.45. The molecule has 0 saturated carbocycles. The Morgan fingerprint density at radius 2 is 1.91 bits per heavy atom. The third-order valence-corrected chi connectivity index (χ3v) is 5.86. The molecule has 1 amide bonds. The van der Waals surface area contributed by atoms with Crippen LogP contribution < -0.4 is 14.8 Å². The first-order valence-electron chi connectivity index (χ1n) is 10.9. The summed E-state index contributed by atoms with van der Waals surface area (Å²) in [7, 11) is 3.30. The van der Waals surface area contributed by atoms with Crippen molar-refractivity contribution in [2.45, 2.75) is 13.0 Å². The highest BCUT2D eigenvalue weighted by molar-refractivity contribution is 5.79. The van der Waals surface area contributed by atoms with E-state index in [1.807, 2.05) is 42.6 Å². The van der Waals surface area contributed by atoms with E-state index in [0.717, 1.165) is 40.3 Å². The first kappa shape index (κ1) is 21.8. The SMILES string of the molecule is COc1cccc(CN2CCNC(=O)[C@H](Cc3cccc(-c4cccnc4)c3)C2)c1OC. The Bertz CT molecular complexity index is 1060. The minimum absolute atomic E-state index is 0.108. The van der Waals surface area contributed by atoms with Crippen molar-refractivity contribution in [2.24, 2.45) is 5.92 Å². The van der Waals surface area contributed by atoms with Crippen LogP contribution in [0.1, 0.15) is 11.1 Å². The zero-order valence-corrected chi connectivity index (χ0v) is 18.6. The number of carbonyl (C=O) groups excluding carboxylic acids is 1. The summed E-state index contributed by atoms with van der Waals surface area (Å²) in [5.41, 5.74) is 4.39. The first-order valence-corrected chi connectivity index (χ1v) is 10.9. The molecule has 32 heavy (non-hydrogen) atoms. The van der Waals surface area contributed by atoms with Gasteiger partial charge in [0.1, 0.15) is 0 Å². The van der Waals surface area contributed by atoms with Crippen molar-refractivity contribution >= 4 is 5.91 Å². The van der Waals surface area contributed by atoms with Crippen LogP contribution in [0.2, 0.25) is 0 Å². The van der Waals surface area contributed by atoms with E-state index < -0.39 is 0 Å². The molecule has 0 radical (unpaired) electrons. The lowest BCUT2D eigenvalue weighted by atomic mass is 9.95. The van der Waals surface area contributed by atoms with Gasteiger partial charge in [0.05, 0.1) is 20.1 Å². The number of para-hydroxylation sites is 1. The molecular weight excluding hydrogens is 402 g/mol. The topological polar surface area (TPSA) is 63.7 Å². The van der Waals surface area contributed by atoms with Gasteiger partial charge in [-0.05, 0) is 35.2 Å². The average molecular weight is 432 g/mol. The highest BCUT2D eigenvalue weighted by Gasteiger charge is 2.26. The number of rotatable bonds is 7. The Morgan fingerprint density at radius 1 is 1.06 bits per heavy atom. The Balaban J connectivity index is 1.51. The van der Waals surface area contributed by atoms with Gasteiger partial charge in [0.15, 0.2) is 11.5 Å². The molecule has 0 bridgehead atoms. The van der Waals surface area contributed by atoms with Crippen LogP contribution in [-0.2, 0) is 17.8 Å². The van der Waals surface area contributed by atoms with Gasteiger partial charge >= 0.3 is 0 Å². The second kappa shape index (κ2) is 10.3. The third kappa shape index (κ3) is 5.08. The van der Waals surface area contributed by atoms with Crippen molar-refractivity contribution in [3.63, 3.8) is 0 Å². The van der Waals surface area contributed by atoms with E-state index in [2.05, 4.69) is 33.4 Å². The van der Waals surface area contributed by atoms with Gasteiger partial charge in [0, 0.05) is 44.1 Å². The Morgan fingerprint density at radius 3 is 2.69 bits per heavy atom. The number of carbonyl (C=O) groups is 1. The van der Waals surface area contributed by atoms with Crippen molar-refractivity contribution < 1.29 is 14.3 Å². The number of aromatic nitrogens is 1. The van der Waals surface area contributed by atoms with Crippen molar-refractivity contribution in [1.82, 2.24) is 15.2 Å². The lowest BCUT2D eigenvalue weighted by Crippen LogP contribution is -2.33. The average Bonchev–Trinajstić information content (AvgIpc) is 3.00.